The number of aromatic hydroxyl groups is 1. The molecular formula is C15H22ClNOS. The van der Waals surface area contributed by atoms with Crippen LogP contribution in [0.15, 0.2) is 23.1 Å². The third-order valence-corrected chi connectivity index (χ3v) is 5.40. The smallest absolute Gasteiger partial charge is 0.115 e. The van der Waals surface area contributed by atoms with E-state index >= 15 is 0 Å². The van der Waals surface area contributed by atoms with Crippen LogP contribution in [-0.4, -0.2) is 34.9 Å². The zero-order valence-corrected chi connectivity index (χ0v) is 13.0. The van der Waals surface area contributed by atoms with Gasteiger partial charge < -0.3 is 5.11 Å². The monoisotopic (exact) mass is 299 g/mol. The summed E-state index contributed by atoms with van der Waals surface area (Å²) in [5.74, 6) is 2.26. The number of rotatable bonds is 2. The van der Waals surface area contributed by atoms with Crippen molar-refractivity contribution in [3.63, 3.8) is 0 Å². The van der Waals surface area contributed by atoms with Crippen LogP contribution >= 0.6 is 24.2 Å². The predicted octanol–water partition coefficient (Wildman–Crippen LogP) is 3.88. The van der Waals surface area contributed by atoms with E-state index in [-0.39, 0.29) is 12.4 Å². The van der Waals surface area contributed by atoms with Crippen LogP contribution < -0.4 is 0 Å². The Morgan fingerprint density at radius 1 is 1.42 bits per heavy atom. The largest absolute Gasteiger partial charge is 0.508 e. The van der Waals surface area contributed by atoms with E-state index in [1.54, 1.807) is 0 Å². The zero-order valence-electron chi connectivity index (χ0n) is 11.3. The average Bonchev–Trinajstić information content (AvgIpc) is 2.39. The molecule has 1 aromatic carbocycles. The number of nitrogens with zero attached hydrogens (tertiary/aromatic N) is 1. The van der Waals surface area contributed by atoms with Crippen LogP contribution in [0.1, 0.15) is 37.7 Å². The normalized spacial score (nSPS) is 26.2. The van der Waals surface area contributed by atoms with Crippen molar-refractivity contribution < 1.29 is 5.11 Å². The number of phenolic OH excluding ortho intramolecular Hbond substituents is 1. The summed E-state index contributed by atoms with van der Waals surface area (Å²) in [5, 5.41) is 9.72. The van der Waals surface area contributed by atoms with E-state index in [1.165, 1.54) is 48.6 Å². The molecule has 2 heterocycles. The summed E-state index contributed by atoms with van der Waals surface area (Å²) in [6, 6.07) is 6.58. The predicted molar refractivity (Wildman–Crippen MR) is 83.7 cm³/mol. The number of hydrogen-bond donors (Lipinski definition) is 1. The summed E-state index contributed by atoms with van der Waals surface area (Å²) < 4.78 is 0. The lowest BCUT2D eigenvalue weighted by Crippen LogP contribution is -2.47. The van der Waals surface area contributed by atoms with Gasteiger partial charge in [-0.05, 0) is 56.1 Å². The number of benzene rings is 1. The average molecular weight is 300 g/mol. The number of likely N-dealkylation sites (tertiary alicyclic amines) is 1. The van der Waals surface area contributed by atoms with Crippen molar-refractivity contribution in [3.8, 4) is 5.75 Å². The van der Waals surface area contributed by atoms with Crippen molar-refractivity contribution in [2.24, 2.45) is 0 Å². The van der Waals surface area contributed by atoms with Gasteiger partial charge in [-0.15, -0.1) is 24.2 Å². The third kappa shape index (κ3) is 2.88. The standard InChI is InChI=1S/C15H21NOS.ClH/c1-2-7-16-8-3-4-12-13-9-11(17)5-6-15(13)18-10-14(12)16;/h5-6,9,12,14,17H,2-4,7-8,10H2,1H3;1H/t12-,14+;/m1./s1. The second-order valence-corrected chi connectivity index (χ2v) is 6.45. The van der Waals surface area contributed by atoms with Crippen LogP contribution in [-0.2, 0) is 0 Å². The van der Waals surface area contributed by atoms with Gasteiger partial charge in [0.15, 0.2) is 0 Å². The third-order valence-electron chi connectivity index (χ3n) is 4.21. The fourth-order valence-electron chi connectivity index (χ4n) is 3.41. The number of thioether (sulfide) groups is 1. The quantitative estimate of drug-likeness (QED) is 0.896. The highest BCUT2D eigenvalue weighted by atomic mass is 35.5. The van der Waals surface area contributed by atoms with Crippen LogP contribution in [0.2, 0.25) is 0 Å². The van der Waals surface area contributed by atoms with Crippen molar-refractivity contribution >= 4 is 24.2 Å². The van der Waals surface area contributed by atoms with Crippen LogP contribution in [0.5, 0.6) is 5.75 Å². The Kier molecular flexibility index (Phi) is 5.04. The lowest BCUT2D eigenvalue weighted by atomic mass is 9.83. The van der Waals surface area contributed by atoms with Gasteiger partial charge in [0.1, 0.15) is 5.75 Å². The Morgan fingerprint density at radius 3 is 3.05 bits per heavy atom. The fourth-order valence-corrected chi connectivity index (χ4v) is 4.74. The van der Waals surface area contributed by atoms with E-state index in [1.807, 2.05) is 23.9 Å². The Hall–Kier alpha value is -0.380. The molecule has 2 atom stereocenters. The molecule has 1 saturated heterocycles. The summed E-state index contributed by atoms with van der Waals surface area (Å²) in [4.78, 5) is 4.04. The first-order valence-corrected chi connectivity index (χ1v) is 7.98. The summed E-state index contributed by atoms with van der Waals surface area (Å²) in [6.45, 7) is 4.74. The molecule has 0 aromatic heterocycles. The molecule has 1 fully saturated rings. The molecule has 0 bridgehead atoms. The summed E-state index contributed by atoms with van der Waals surface area (Å²) in [6.07, 6.45) is 3.81. The van der Waals surface area contributed by atoms with Gasteiger partial charge >= 0.3 is 0 Å². The van der Waals surface area contributed by atoms with E-state index in [0.29, 0.717) is 17.7 Å². The summed E-state index contributed by atoms with van der Waals surface area (Å²) >= 11 is 1.96. The van der Waals surface area contributed by atoms with E-state index in [9.17, 15) is 5.11 Å². The molecule has 0 spiro atoms. The molecule has 1 aromatic rings. The van der Waals surface area contributed by atoms with Crippen molar-refractivity contribution in [1.82, 2.24) is 4.90 Å². The molecule has 0 amide bonds. The van der Waals surface area contributed by atoms with Gasteiger partial charge in [0, 0.05) is 22.6 Å². The maximum atomic E-state index is 9.72. The first kappa shape index (κ1) is 15.0. The van der Waals surface area contributed by atoms with Gasteiger partial charge in [-0.2, -0.15) is 0 Å². The molecule has 1 N–H and O–H groups in total. The molecule has 0 unspecified atom stereocenters. The second-order valence-electron chi connectivity index (χ2n) is 5.39. The van der Waals surface area contributed by atoms with Crippen molar-refractivity contribution in [3.05, 3.63) is 23.8 Å². The van der Waals surface area contributed by atoms with Gasteiger partial charge in [0.05, 0.1) is 0 Å². The van der Waals surface area contributed by atoms with Crippen LogP contribution in [0.4, 0.5) is 0 Å². The van der Waals surface area contributed by atoms with Crippen molar-refractivity contribution in [2.75, 3.05) is 18.8 Å². The molecule has 2 aliphatic rings. The van der Waals surface area contributed by atoms with Gasteiger partial charge in [0.2, 0.25) is 0 Å². The molecule has 106 valence electrons. The number of fused-ring (bicyclic) bond motifs is 3. The first-order chi connectivity index (χ1) is 8.79. The van der Waals surface area contributed by atoms with Gasteiger partial charge in [-0.1, -0.05) is 6.92 Å². The molecule has 0 radical (unpaired) electrons. The van der Waals surface area contributed by atoms with E-state index in [0.717, 1.165) is 0 Å². The Bertz CT molecular complexity index is 438. The minimum absolute atomic E-state index is 0. The van der Waals surface area contributed by atoms with Crippen LogP contribution in [0.3, 0.4) is 0 Å². The summed E-state index contributed by atoms with van der Waals surface area (Å²) in [5.41, 5.74) is 1.39. The number of hydrogen-bond acceptors (Lipinski definition) is 3. The highest BCUT2D eigenvalue weighted by molar-refractivity contribution is 7.99. The van der Waals surface area contributed by atoms with Crippen molar-refractivity contribution in [1.29, 1.82) is 0 Å². The molecule has 4 heteroatoms. The Balaban J connectivity index is 0.00000133. The number of phenols is 1. The van der Waals surface area contributed by atoms with Crippen molar-refractivity contribution in [2.45, 2.75) is 43.0 Å². The lowest BCUT2D eigenvalue weighted by Gasteiger charge is -2.44. The number of halogens is 1. The molecule has 19 heavy (non-hydrogen) atoms. The fraction of sp³-hybridized carbons (Fsp3) is 0.600. The molecule has 3 rings (SSSR count). The van der Waals surface area contributed by atoms with Gasteiger partial charge in [-0.25, -0.2) is 0 Å². The molecule has 2 aliphatic heterocycles. The minimum Gasteiger partial charge on any atom is -0.508 e. The molecular weight excluding hydrogens is 278 g/mol. The number of piperidine rings is 1. The molecule has 0 saturated carbocycles. The molecule has 0 aliphatic carbocycles. The van der Waals surface area contributed by atoms with Crippen LogP contribution in [0, 0.1) is 0 Å². The second kappa shape index (κ2) is 6.38. The highest BCUT2D eigenvalue weighted by Gasteiger charge is 2.36. The van der Waals surface area contributed by atoms with Gasteiger partial charge in [-0.3, -0.25) is 4.90 Å². The van der Waals surface area contributed by atoms with Crippen LogP contribution in [0.25, 0.3) is 0 Å². The summed E-state index contributed by atoms with van der Waals surface area (Å²) in [7, 11) is 0. The highest BCUT2D eigenvalue weighted by Crippen LogP contribution is 2.45. The molecule has 2 nitrogen and oxygen atoms in total. The Morgan fingerprint density at radius 2 is 2.26 bits per heavy atom. The maximum absolute atomic E-state index is 9.72. The minimum atomic E-state index is 0. The lowest BCUT2D eigenvalue weighted by molar-refractivity contribution is 0.139. The van der Waals surface area contributed by atoms with Gasteiger partial charge in [0.25, 0.3) is 0 Å². The zero-order chi connectivity index (χ0) is 12.5. The SMILES string of the molecule is CCCN1CCC[C@@H]2c3cc(O)ccc3SC[C@@H]21.Cl. The van der Waals surface area contributed by atoms with E-state index in [2.05, 4.69) is 17.9 Å². The Labute approximate surface area is 126 Å². The maximum Gasteiger partial charge on any atom is 0.115 e. The van der Waals surface area contributed by atoms with E-state index in [4.69, 9.17) is 0 Å². The van der Waals surface area contributed by atoms with E-state index < -0.39 is 0 Å². The topological polar surface area (TPSA) is 23.5 Å². The first-order valence-electron chi connectivity index (χ1n) is 6.99.